The largest absolute Gasteiger partial charge is 0.370 e. The lowest BCUT2D eigenvalue weighted by molar-refractivity contribution is 0.610. The quantitative estimate of drug-likeness (QED) is 0.882. The monoisotopic (exact) mass is 302 g/mol. The highest BCUT2D eigenvalue weighted by atomic mass is 19.1. The van der Waals surface area contributed by atoms with E-state index in [-0.39, 0.29) is 11.4 Å². The van der Waals surface area contributed by atoms with Crippen LogP contribution in [0.15, 0.2) is 30.3 Å². The minimum absolute atomic E-state index is 0.0643. The lowest BCUT2D eigenvalue weighted by Crippen LogP contribution is -2.27. The molecule has 2 N–H and O–H groups in total. The van der Waals surface area contributed by atoms with Crippen LogP contribution in [-0.4, -0.2) is 22.1 Å². The summed E-state index contributed by atoms with van der Waals surface area (Å²) in [6.07, 6.45) is 0.609. The van der Waals surface area contributed by atoms with Crippen molar-refractivity contribution in [1.82, 2.24) is 9.97 Å². The Morgan fingerprint density at radius 3 is 2.45 bits per heavy atom. The molecular weight excluding hydrogens is 279 g/mol. The van der Waals surface area contributed by atoms with Crippen LogP contribution in [0.3, 0.4) is 0 Å². The molecule has 2 aromatic rings. The third-order valence-electron chi connectivity index (χ3n) is 3.00. The van der Waals surface area contributed by atoms with Gasteiger partial charge in [-0.2, -0.15) is 0 Å². The summed E-state index contributed by atoms with van der Waals surface area (Å²) in [5, 5.41) is 6.56. The average Bonchev–Trinajstić information content (AvgIpc) is 2.38. The second kappa shape index (κ2) is 6.73. The number of rotatable bonds is 5. The number of aryl methyl sites for hydroxylation is 1. The average molecular weight is 302 g/mol. The van der Waals surface area contributed by atoms with E-state index in [0.29, 0.717) is 24.4 Å². The second-order valence-corrected chi connectivity index (χ2v) is 6.33. The van der Waals surface area contributed by atoms with Crippen LogP contribution >= 0.6 is 0 Å². The van der Waals surface area contributed by atoms with Gasteiger partial charge in [0.15, 0.2) is 0 Å². The molecule has 4 nitrogen and oxygen atoms in total. The van der Waals surface area contributed by atoms with E-state index < -0.39 is 0 Å². The van der Waals surface area contributed by atoms with Gasteiger partial charge in [0.1, 0.15) is 23.3 Å². The first-order valence-electron chi connectivity index (χ1n) is 7.45. The van der Waals surface area contributed by atoms with Crippen LogP contribution < -0.4 is 10.6 Å². The molecule has 0 spiro atoms. The van der Waals surface area contributed by atoms with E-state index in [4.69, 9.17) is 0 Å². The SMILES string of the molecule is Cc1nc(NCCc2ccccc2F)cc(NC(C)(C)C)n1. The molecule has 2 rings (SSSR count). The maximum Gasteiger partial charge on any atom is 0.132 e. The van der Waals surface area contributed by atoms with Gasteiger partial charge in [0.2, 0.25) is 0 Å². The lowest BCUT2D eigenvalue weighted by Gasteiger charge is -2.21. The van der Waals surface area contributed by atoms with E-state index in [1.54, 1.807) is 12.1 Å². The Morgan fingerprint density at radius 2 is 1.77 bits per heavy atom. The summed E-state index contributed by atoms with van der Waals surface area (Å²) in [4.78, 5) is 8.74. The van der Waals surface area contributed by atoms with E-state index in [0.717, 1.165) is 11.6 Å². The molecule has 22 heavy (non-hydrogen) atoms. The first-order valence-corrected chi connectivity index (χ1v) is 7.45. The number of aromatic nitrogens is 2. The van der Waals surface area contributed by atoms with Gasteiger partial charge in [-0.05, 0) is 45.7 Å². The van der Waals surface area contributed by atoms with Crippen LogP contribution in [0.25, 0.3) is 0 Å². The first-order chi connectivity index (χ1) is 10.3. The Balaban J connectivity index is 1.99. The highest BCUT2D eigenvalue weighted by Crippen LogP contribution is 2.16. The Kier molecular flexibility index (Phi) is 4.96. The van der Waals surface area contributed by atoms with Gasteiger partial charge in [-0.3, -0.25) is 0 Å². The molecule has 0 saturated heterocycles. The zero-order valence-electron chi connectivity index (χ0n) is 13.6. The molecule has 0 unspecified atom stereocenters. The summed E-state index contributed by atoms with van der Waals surface area (Å²) in [5.74, 6) is 2.06. The summed E-state index contributed by atoms with van der Waals surface area (Å²) in [5.41, 5.74) is 0.638. The molecule has 0 fully saturated rings. The predicted octanol–water partition coefficient (Wildman–Crippen LogP) is 3.79. The van der Waals surface area contributed by atoms with Gasteiger partial charge < -0.3 is 10.6 Å². The Bertz CT molecular complexity index is 635. The van der Waals surface area contributed by atoms with Crippen molar-refractivity contribution in [3.05, 3.63) is 47.5 Å². The topological polar surface area (TPSA) is 49.8 Å². The van der Waals surface area contributed by atoms with E-state index in [9.17, 15) is 4.39 Å². The highest BCUT2D eigenvalue weighted by molar-refractivity contribution is 5.48. The molecule has 0 atom stereocenters. The molecule has 0 aliphatic rings. The van der Waals surface area contributed by atoms with Crippen LogP contribution in [0.5, 0.6) is 0 Å². The zero-order chi connectivity index (χ0) is 16.2. The van der Waals surface area contributed by atoms with Crippen molar-refractivity contribution in [2.24, 2.45) is 0 Å². The van der Waals surface area contributed by atoms with Gasteiger partial charge >= 0.3 is 0 Å². The number of hydrogen-bond donors (Lipinski definition) is 2. The molecule has 0 aliphatic carbocycles. The van der Waals surface area contributed by atoms with Crippen LogP contribution in [0.4, 0.5) is 16.0 Å². The van der Waals surface area contributed by atoms with Crippen molar-refractivity contribution in [2.75, 3.05) is 17.2 Å². The number of halogens is 1. The smallest absolute Gasteiger partial charge is 0.132 e. The maximum atomic E-state index is 13.6. The number of anilines is 2. The second-order valence-electron chi connectivity index (χ2n) is 6.33. The molecule has 5 heteroatoms. The summed E-state index contributed by atoms with van der Waals surface area (Å²) in [6.45, 7) is 8.71. The summed E-state index contributed by atoms with van der Waals surface area (Å²) in [7, 11) is 0. The van der Waals surface area contributed by atoms with E-state index in [1.165, 1.54) is 6.07 Å². The van der Waals surface area contributed by atoms with Crippen molar-refractivity contribution in [3.63, 3.8) is 0 Å². The van der Waals surface area contributed by atoms with Crippen molar-refractivity contribution in [3.8, 4) is 0 Å². The van der Waals surface area contributed by atoms with Crippen LogP contribution in [0.2, 0.25) is 0 Å². The fourth-order valence-electron chi connectivity index (χ4n) is 2.13. The van der Waals surface area contributed by atoms with Gasteiger partial charge in [-0.15, -0.1) is 0 Å². The Morgan fingerprint density at radius 1 is 1.09 bits per heavy atom. The minimum atomic E-state index is -0.168. The molecule has 0 saturated carbocycles. The van der Waals surface area contributed by atoms with Crippen molar-refractivity contribution >= 4 is 11.6 Å². The van der Waals surface area contributed by atoms with E-state index >= 15 is 0 Å². The lowest BCUT2D eigenvalue weighted by atomic mass is 10.1. The van der Waals surface area contributed by atoms with Crippen LogP contribution in [0.1, 0.15) is 32.2 Å². The van der Waals surface area contributed by atoms with Gasteiger partial charge in [0.05, 0.1) is 0 Å². The molecule has 0 radical (unpaired) electrons. The molecule has 1 aromatic heterocycles. The number of nitrogens with one attached hydrogen (secondary N) is 2. The molecule has 0 aliphatic heterocycles. The van der Waals surface area contributed by atoms with E-state index in [1.807, 2.05) is 19.1 Å². The van der Waals surface area contributed by atoms with Crippen molar-refractivity contribution in [2.45, 2.75) is 39.7 Å². The highest BCUT2D eigenvalue weighted by Gasteiger charge is 2.11. The molecule has 0 amide bonds. The van der Waals surface area contributed by atoms with Crippen LogP contribution in [-0.2, 0) is 6.42 Å². The van der Waals surface area contributed by atoms with Gasteiger partial charge in [0.25, 0.3) is 0 Å². The summed E-state index contributed by atoms with van der Waals surface area (Å²) < 4.78 is 13.6. The Hall–Kier alpha value is -2.17. The standard InChI is InChI=1S/C17H23FN4/c1-12-20-15(11-16(21-12)22-17(2,3)4)19-10-9-13-7-5-6-8-14(13)18/h5-8,11H,9-10H2,1-4H3,(H2,19,20,21,22). The molecule has 1 heterocycles. The predicted molar refractivity (Wildman–Crippen MR) is 88.7 cm³/mol. The maximum absolute atomic E-state index is 13.6. The fourth-order valence-corrected chi connectivity index (χ4v) is 2.13. The van der Waals surface area contributed by atoms with Crippen molar-refractivity contribution in [1.29, 1.82) is 0 Å². The third-order valence-corrected chi connectivity index (χ3v) is 3.00. The summed E-state index contributed by atoms with van der Waals surface area (Å²) >= 11 is 0. The number of nitrogens with zero attached hydrogens (tertiary/aromatic N) is 2. The number of benzene rings is 1. The zero-order valence-corrected chi connectivity index (χ0v) is 13.6. The molecule has 0 bridgehead atoms. The van der Waals surface area contributed by atoms with Crippen molar-refractivity contribution < 1.29 is 4.39 Å². The first kappa shape index (κ1) is 16.2. The molecular formula is C17H23FN4. The molecule has 1 aromatic carbocycles. The summed E-state index contributed by atoms with van der Waals surface area (Å²) in [6, 6.07) is 8.70. The molecule has 118 valence electrons. The normalized spacial score (nSPS) is 11.3. The van der Waals surface area contributed by atoms with Gasteiger partial charge in [0, 0.05) is 18.2 Å². The Labute approximate surface area is 131 Å². The van der Waals surface area contributed by atoms with Gasteiger partial charge in [-0.1, -0.05) is 18.2 Å². The minimum Gasteiger partial charge on any atom is -0.370 e. The van der Waals surface area contributed by atoms with E-state index in [2.05, 4.69) is 41.4 Å². The third kappa shape index (κ3) is 4.98. The number of hydrogen-bond acceptors (Lipinski definition) is 4. The fraction of sp³-hybridized carbons (Fsp3) is 0.412. The van der Waals surface area contributed by atoms with Crippen LogP contribution in [0, 0.1) is 12.7 Å². The van der Waals surface area contributed by atoms with Gasteiger partial charge in [-0.25, -0.2) is 14.4 Å².